The molecule has 0 aromatic heterocycles. The molecule has 1 fully saturated rings. The Kier molecular flexibility index (Phi) is 5.99. The third-order valence-electron chi connectivity index (χ3n) is 1.46. The van der Waals surface area contributed by atoms with Crippen LogP contribution in [0.15, 0.2) is 0 Å². The summed E-state index contributed by atoms with van der Waals surface area (Å²) in [7, 11) is 2.24. The highest BCUT2D eigenvalue weighted by Gasteiger charge is 2.04. The predicted molar refractivity (Wildman–Crippen MR) is 40.8 cm³/mol. The summed E-state index contributed by atoms with van der Waals surface area (Å²) in [6.07, 6.45) is 0. The Morgan fingerprint density at radius 1 is 1.11 bits per heavy atom. The van der Waals surface area contributed by atoms with Crippen LogP contribution in [0.1, 0.15) is 13.8 Å². The van der Waals surface area contributed by atoms with Crippen LogP contribution in [-0.4, -0.2) is 33.2 Å². The van der Waals surface area contributed by atoms with Gasteiger partial charge in [0, 0.05) is 13.1 Å². The van der Waals surface area contributed by atoms with Crippen molar-refractivity contribution in [3.8, 4) is 0 Å². The predicted octanol–water partition coefficient (Wildman–Crippen LogP) is -0.869. The standard InChI is InChI=1S/C5H12N2.C2H6/c1-7-4-2-6-3-5-7;1-2/h6H,2-5H2,1H3;1-2H3/p+1. The van der Waals surface area contributed by atoms with E-state index in [1.165, 1.54) is 26.2 Å². The lowest BCUT2D eigenvalue weighted by Gasteiger charge is -2.19. The molecule has 9 heavy (non-hydrogen) atoms. The highest BCUT2D eigenvalue weighted by Crippen LogP contribution is 1.58. The molecule has 1 saturated heterocycles. The van der Waals surface area contributed by atoms with Crippen LogP contribution in [0.2, 0.25) is 0 Å². The number of nitrogens with one attached hydrogen (secondary N) is 2. The van der Waals surface area contributed by atoms with Gasteiger partial charge in [0.2, 0.25) is 0 Å². The van der Waals surface area contributed by atoms with E-state index in [1.54, 1.807) is 4.90 Å². The molecule has 0 aromatic rings. The maximum absolute atomic E-state index is 3.29. The van der Waals surface area contributed by atoms with Gasteiger partial charge in [-0.15, -0.1) is 0 Å². The molecule has 56 valence electrons. The van der Waals surface area contributed by atoms with Crippen molar-refractivity contribution in [3.05, 3.63) is 0 Å². The van der Waals surface area contributed by atoms with Gasteiger partial charge >= 0.3 is 0 Å². The van der Waals surface area contributed by atoms with Crippen LogP contribution in [0.5, 0.6) is 0 Å². The van der Waals surface area contributed by atoms with Crippen molar-refractivity contribution in [2.45, 2.75) is 13.8 Å². The van der Waals surface area contributed by atoms with E-state index in [9.17, 15) is 0 Å². The van der Waals surface area contributed by atoms with E-state index in [0.717, 1.165) is 0 Å². The summed E-state index contributed by atoms with van der Waals surface area (Å²) in [4.78, 5) is 1.65. The van der Waals surface area contributed by atoms with Crippen molar-refractivity contribution in [1.82, 2.24) is 5.32 Å². The Labute approximate surface area is 58.2 Å². The van der Waals surface area contributed by atoms with E-state index in [4.69, 9.17) is 0 Å². The van der Waals surface area contributed by atoms with Gasteiger partial charge in [0.1, 0.15) is 0 Å². The van der Waals surface area contributed by atoms with Crippen LogP contribution < -0.4 is 10.2 Å². The summed E-state index contributed by atoms with van der Waals surface area (Å²) >= 11 is 0. The lowest BCUT2D eigenvalue weighted by molar-refractivity contribution is -0.881. The Morgan fingerprint density at radius 3 is 1.78 bits per heavy atom. The zero-order valence-electron chi connectivity index (χ0n) is 6.83. The average Bonchev–Trinajstić information content (AvgIpc) is 1.94. The monoisotopic (exact) mass is 131 g/mol. The first kappa shape index (κ1) is 8.92. The topological polar surface area (TPSA) is 16.5 Å². The number of piperazine rings is 1. The van der Waals surface area contributed by atoms with Crippen LogP contribution in [-0.2, 0) is 0 Å². The molecule has 0 saturated carbocycles. The summed E-state index contributed by atoms with van der Waals surface area (Å²) in [5, 5.41) is 3.29. The third-order valence-corrected chi connectivity index (χ3v) is 1.46. The van der Waals surface area contributed by atoms with Crippen molar-refractivity contribution in [1.29, 1.82) is 0 Å². The van der Waals surface area contributed by atoms with Gasteiger partial charge < -0.3 is 10.2 Å². The van der Waals surface area contributed by atoms with E-state index >= 15 is 0 Å². The number of rotatable bonds is 0. The van der Waals surface area contributed by atoms with Crippen LogP contribution in [0.25, 0.3) is 0 Å². The molecule has 0 spiro atoms. The minimum atomic E-state index is 1.20. The Hall–Kier alpha value is -0.0800. The SMILES string of the molecule is CC.C[NH+]1CCNCC1. The van der Waals surface area contributed by atoms with Gasteiger partial charge in [0.05, 0.1) is 20.1 Å². The van der Waals surface area contributed by atoms with Gasteiger partial charge in [-0.05, 0) is 0 Å². The van der Waals surface area contributed by atoms with Crippen LogP contribution in [0, 0.1) is 0 Å². The second-order valence-corrected chi connectivity index (χ2v) is 2.21. The van der Waals surface area contributed by atoms with Gasteiger partial charge in [-0.3, -0.25) is 0 Å². The second kappa shape index (κ2) is 6.05. The molecule has 1 aliphatic rings. The van der Waals surface area contributed by atoms with E-state index in [2.05, 4.69) is 12.4 Å². The largest absolute Gasteiger partial charge is 0.335 e. The first-order valence-corrected chi connectivity index (χ1v) is 3.91. The maximum atomic E-state index is 3.29. The molecular formula is C7H19N2+. The fourth-order valence-corrected chi connectivity index (χ4v) is 0.854. The van der Waals surface area contributed by atoms with E-state index in [1.807, 2.05) is 13.8 Å². The molecule has 0 atom stereocenters. The van der Waals surface area contributed by atoms with E-state index in [-0.39, 0.29) is 0 Å². The highest BCUT2D eigenvalue weighted by molar-refractivity contribution is 4.47. The van der Waals surface area contributed by atoms with Crippen molar-refractivity contribution in [3.63, 3.8) is 0 Å². The third kappa shape index (κ3) is 4.43. The van der Waals surface area contributed by atoms with E-state index in [0.29, 0.717) is 0 Å². The minimum Gasteiger partial charge on any atom is -0.335 e. The molecule has 1 rings (SSSR count). The van der Waals surface area contributed by atoms with Gasteiger partial charge in [0.15, 0.2) is 0 Å². The van der Waals surface area contributed by atoms with Crippen LogP contribution in [0.4, 0.5) is 0 Å². The lowest BCUT2D eigenvalue weighted by Crippen LogP contribution is -3.12. The Morgan fingerprint density at radius 2 is 1.56 bits per heavy atom. The van der Waals surface area contributed by atoms with E-state index < -0.39 is 0 Å². The molecule has 0 radical (unpaired) electrons. The maximum Gasteiger partial charge on any atom is 0.0896 e. The summed E-state index contributed by atoms with van der Waals surface area (Å²) < 4.78 is 0. The summed E-state index contributed by atoms with van der Waals surface area (Å²) in [6, 6.07) is 0. The highest BCUT2D eigenvalue weighted by atomic mass is 15.2. The summed E-state index contributed by atoms with van der Waals surface area (Å²) in [5.74, 6) is 0. The fourth-order valence-electron chi connectivity index (χ4n) is 0.854. The molecule has 2 nitrogen and oxygen atoms in total. The molecule has 0 aromatic carbocycles. The Balaban J connectivity index is 0.000000291. The van der Waals surface area contributed by atoms with Gasteiger partial charge in [0.25, 0.3) is 0 Å². The molecule has 0 aliphatic carbocycles. The van der Waals surface area contributed by atoms with Crippen LogP contribution >= 0.6 is 0 Å². The number of quaternary nitrogens is 1. The number of hydrogen-bond donors (Lipinski definition) is 2. The quantitative estimate of drug-likeness (QED) is 0.437. The van der Waals surface area contributed by atoms with Crippen molar-refractivity contribution in [2.75, 3.05) is 33.2 Å². The molecule has 1 aliphatic heterocycles. The van der Waals surface area contributed by atoms with Gasteiger partial charge in [-0.1, -0.05) is 13.8 Å². The lowest BCUT2D eigenvalue weighted by atomic mass is 10.4. The Bertz CT molecular complexity index is 48.9. The molecule has 1 heterocycles. The fraction of sp³-hybridized carbons (Fsp3) is 1.00. The second-order valence-electron chi connectivity index (χ2n) is 2.21. The molecule has 2 heteroatoms. The molecule has 2 N–H and O–H groups in total. The number of likely N-dealkylation sites (N-methyl/N-ethyl adjacent to an activating group) is 1. The van der Waals surface area contributed by atoms with Crippen molar-refractivity contribution < 1.29 is 4.90 Å². The molecule has 0 unspecified atom stereocenters. The molecule has 0 bridgehead atoms. The summed E-state index contributed by atoms with van der Waals surface area (Å²) in [6.45, 7) is 8.98. The zero-order valence-corrected chi connectivity index (χ0v) is 6.83. The average molecular weight is 131 g/mol. The molecule has 0 amide bonds. The first-order valence-electron chi connectivity index (χ1n) is 3.91. The summed E-state index contributed by atoms with van der Waals surface area (Å²) in [5.41, 5.74) is 0. The smallest absolute Gasteiger partial charge is 0.0896 e. The minimum absolute atomic E-state index is 1.20. The zero-order chi connectivity index (χ0) is 7.11. The van der Waals surface area contributed by atoms with Crippen LogP contribution in [0.3, 0.4) is 0 Å². The van der Waals surface area contributed by atoms with Crippen molar-refractivity contribution >= 4 is 0 Å². The number of hydrogen-bond acceptors (Lipinski definition) is 1. The normalized spacial score (nSPS) is 20.3. The van der Waals surface area contributed by atoms with Gasteiger partial charge in [-0.25, -0.2) is 0 Å². The first-order chi connectivity index (χ1) is 4.39. The van der Waals surface area contributed by atoms with Crippen molar-refractivity contribution in [2.24, 2.45) is 0 Å². The van der Waals surface area contributed by atoms with Gasteiger partial charge in [-0.2, -0.15) is 0 Å². The molecular weight excluding hydrogens is 112 g/mol.